The van der Waals surface area contributed by atoms with Crippen molar-refractivity contribution in [3.8, 4) is 11.3 Å². The van der Waals surface area contributed by atoms with Gasteiger partial charge in [0.05, 0.1) is 6.61 Å². The van der Waals surface area contributed by atoms with E-state index >= 15 is 0 Å². The first-order valence-electron chi connectivity index (χ1n) is 5.54. The topological polar surface area (TPSA) is 111 Å². The molecule has 0 amide bonds. The number of hydrogen-bond donors (Lipinski definition) is 3. The lowest BCUT2D eigenvalue weighted by Crippen LogP contribution is -2.43. The second kappa shape index (κ2) is 5.60. The minimum atomic E-state index is -1.68. The second-order valence-corrected chi connectivity index (χ2v) is 5.00. The first-order chi connectivity index (χ1) is 9.43. The summed E-state index contributed by atoms with van der Waals surface area (Å²) < 4.78 is 6.42. The molecular formula is C11H11Cl2N3O4. The van der Waals surface area contributed by atoms with Crippen molar-refractivity contribution >= 4 is 29.0 Å². The Hall–Kier alpha value is -1.30. The van der Waals surface area contributed by atoms with Crippen LogP contribution in [-0.2, 0) is 4.74 Å². The molecular weight excluding hydrogens is 309 g/mol. The van der Waals surface area contributed by atoms with Crippen LogP contribution in [0.3, 0.4) is 0 Å². The van der Waals surface area contributed by atoms with Crippen LogP contribution in [0.5, 0.6) is 0 Å². The fourth-order valence-electron chi connectivity index (χ4n) is 1.98. The van der Waals surface area contributed by atoms with Crippen molar-refractivity contribution in [1.82, 2.24) is 9.55 Å². The van der Waals surface area contributed by atoms with Crippen LogP contribution in [0.25, 0.3) is 0 Å². The van der Waals surface area contributed by atoms with E-state index in [1.807, 2.05) is 0 Å². The van der Waals surface area contributed by atoms with Gasteiger partial charge in [-0.2, -0.15) is 4.98 Å². The third-order valence-electron chi connectivity index (χ3n) is 2.97. The number of hydrogen-bond acceptors (Lipinski definition) is 6. The van der Waals surface area contributed by atoms with Gasteiger partial charge in [0, 0.05) is 11.6 Å². The summed E-state index contributed by atoms with van der Waals surface area (Å²) in [5, 5.41) is 21.3. The molecule has 2 rings (SSSR count). The quantitative estimate of drug-likeness (QED) is 0.489. The number of aliphatic hydroxyl groups excluding tert-OH is 2. The van der Waals surface area contributed by atoms with E-state index in [1.54, 1.807) is 0 Å². The SMILES string of the molecule is Nc1ccn([C@@H]2O[C@H](CO)C(O)[C@]2(Cl)C#CCl)c(=O)n1. The van der Waals surface area contributed by atoms with Crippen LogP contribution in [0.1, 0.15) is 6.23 Å². The molecule has 1 unspecified atom stereocenters. The summed E-state index contributed by atoms with van der Waals surface area (Å²) in [6.45, 7) is -0.493. The van der Waals surface area contributed by atoms with Crippen LogP contribution in [-0.4, -0.2) is 43.5 Å². The van der Waals surface area contributed by atoms with Gasteiger partial charge in [-0.1, -0.05) is 17.5 Å². The normalized spacial score (nSPS) is 32.7. The molecule has 1 aromatic heterocycles. The van der Waals surface area contributed by atoms with Gasteiger partial charge in [0.1, 0.15) is 18.0 Å². The molecule has 4 atom stereocenters. The van der Waals surface area contributed by atoms with Crippen molar-refractivity contribution in [2.45, 2.75) is 23.3 Å². The molecule has 0 bridgehead atoms. The molecule has 108 valence electrons. The molecule has 1 fully saturated rings. The minimum absolute atomic E-state index is 0.0344. The van der Waals surface area contributed by atoms with E-state index < -0.39 is 35.6 Å². The van der Waals surface area contributed by atoms with Crippen LogP contribution in [0, 0.1) is 11.3 Å². The Morgan fingerprint density at radius 1 is 1.65 bits per heavy atom. The summed E-state index contributed by atoms with van der Waals surface area (Å²) in [7, 11) is 0. The highest BCUT2D eigenvalue weighted by Gasteiger charge is 2.55. The molecule has 4 N–H and O–H groups in total. The van der Waals surface area contributed by atoms with E-state index in [2.05, 4.69) is 16.3 Å². The standard InChI is InChI=1S/C11H11Cl2N3O4/c12-3-2-11(13)8(18)6(5-17)20-9(11)16-4-1-7(14)15-10(16)19/h1,4,6,8-9,17-18H,5H2,(H2,14,15,19)/t6-,8?,9-,11-/m1/s1. The van der Waals surface area contributed by atoms with Gasteiger partial charge in [-0.05, 0) is 17.7 Å². The third-order valence-corrected chi connectivity index (χ3v) is 3.57. The van der Waals surface area contributed by atoms with Crippen LogP contribution >= 0.6 is 23.2 Å². The summed E-state index contributed by atoms with van der Waals surface area (Å²) in [4.78, 5) is 13.7. The largest absolute Gasteiger partial charge is 0.394 e. The van der Waals surface area contributed by atoms with Crippen LogP contribution < -0.4 is 11.4 Å². The second-order valence-electron chi connectivity index (χ2n) is 4.18. The summed E-state index contributed by atoms with van der Waals surface area (Å²) in [6.07, 6.45) is -2.19. The number of aliphatic hydroxyl groups is 2. The highest BCUT2D eigenvalue weighted by atomic mass is 35.5. The number of ether oxygens (including phenoxy) is 1. The molecule has 0 spiro atoms. The van der Waals surface area contributed by atoms with Crippen molar-refractivity contribution in [2.24, 2.45) is 0 Å². The molecule has 0 saturated carbocycles. The van der Waals surface area contributed by atoms with E-state index in [-0.39, 0.29) is 5.82 Å². The number of nitrogen functional groups attached to an aromatic ring is 1. The van der Waals surface area contributed by atoms with Gasteiger partial charge >= 0.3 is 5.69 Å². The smallest absolute Gasteiger partial charge is 0.351 e. The molecule has 20 heavy (non-hydrogen) atoms. The molecule has 1 aliphatic rings. The first-order valence-corrected chi connectivity index (χ1v) is 6.30. The Kier molecular flexibility index (Phi) is 4.22. The molecule has 0 radical (unpaired) electrons. The van der Waals surface area contributed by atoms with Crippen molar-refractivity contribution in [3.05, 3.63) is 22.7 Å². The maximum absolute atomic E-state index is 11.8. The summed E-state index contributed by atoms with van der Waals surface area (Å²) in [6, 6.07) is 1.37. The Bertz CT molecular complexity index is 626. The number of halogens is 2. The zero-order valence-corrected chi connectivity index (χ0v) is 11.5. The van der Waals surface area contributed by atoms with Crippen LogP contribution in [0.15, 0.2) is 17.1 Å². The van der Waals surface area contributed by atoms with Gasteiger partial charge in [0.15, 0.2) is 11.1 Å². The maximum atomic E-state index is 11.8. The van der Waals surface area contributed by atoms with Gasteiger partial charge < -0.3 is 20.7 Å². The molecule has 2 heterocycles. The van der Waals surface area contributed by atoms with Gasteiger partial charge in [-0.15, -0.1) is 0 Å². The zero-order valence-electron chi connectivity index (χ0n) is 10.0. The Labute approximate surface area is 123 Å². The number of nitrogens with two attached hydrogens (primary N) is 1. The molecule has 0 aliphatic carbocycles. The molecule has 1 saturated heterocycles. The van der Waals surface area contributed by atoms with E-state index in [0.717, 1.165) is 4.57 Å². The Morgan fingerprint density at radius 3 is 2.90 bits per heavy atom. The van der Waals surface area contributed by atoms with E-state index in [4.69, 9.17) is 38.8 Å². The van der Waals surface area contributed by atoms with Gasteiger partial charge in [-0.3, -0.25) is 4.57 Å². The number of rotatable bonds is 2. The van der Waals surface area contributed by atoms with Gasteiger partial charge in [0.25, 0.3) is 0 Å². The molecule has 1 aliphatic heterocycles. The zero-order chi connectivity index (χ0) is 14.9. The van der Waals surface area contributed by atoms with Crippen molar-refractivity contribution < 1.29 is 14.9 Å². The summed E-state index contributed by atoms with van der Waals surface area (Å²) >= 11 is 11.6. The fourth-order valence-corrected chi connectivity index (χ4v) is 2.53. The number of nitrogens with zero attached hydrogens (tertiary/aromatic N) is 2. The number of aromatic nitrogens is 2. The average Bonchev–Trinajstić information content (AvgIpc) is 2.63. The third kappa shape index (κ3) is 2.37. The van der Waals surface area contributed by atoms with Crippen LogP contribution in [0.2, 0.25) is 0 Å². The predicted molar refractivity (Wildman–Crippen MR) is 72.1 cm³/mol. The van der Waals surface area contributed by atoms with Crippen molar-refractivity contribution in [3.63, 3.8) is 0 Å². The first kappa shape index (κ1) is 15.1. The van der Waals surface area contributed by atoms with Gasteiger partial charge in [0.2, 0.25) is 0 Å². The van der Waals surface area contributed by atoms with E-state index in [1.165, 1.54) is 12.3 Å². The average molecular weight is 320 g/mol. The van der Waals surface area contributed by atoms with Crippen LogP contribution in [0.4, 0.5) is 5.82 Å². The van der Waals surface area contributed by atoms with Gasteiger partial charge in [-0.25, -0.2) is 4.79 Å². The molecule has 7 nitrogen and oxygen atoms in total. The lowest BCUT2D eigenvalue weighted by molar-refractivity contribution is -0.0464. The van der Waals surface area contributed by atoms with E-state index in [9.17, 15) is 9.90 Å². The number of anilines is 1. The Morgan fingerprint density at radius 2 is 2.35 bits per heavy atom. The Balaban J connectivity index is 2.52. The summed E-state index contributed by atoms with van der Waals surface area (Å²) in [5.74, 6) is 2.44. The van der Waals surface area contributed by atoms with Crippen molar-refractivity contribution in [2.75, 3.05) is 12.3 Å². The monoisotopic (exact) mass is 319 g/mol. The lowest BCUT2D eigenvalue weighted by atomic mass is 9.99. The summed E-state index contributed by atoms with van der Waals surface area (Å²) in [5.41, 5.74) is 4.68. The highest BCUT2D eigenvalue weighted by Crippen LogP contribution is 2.42. The molecule has 9 heteroatoms. The minimum Gasteiger partial charge on any atom is -0.394 e. The molecule has 1 aromatic rings. The fraction of sp³-hybridized carbons (Fsp3) is 0.455. The maximum Gasteiger partial charge on any atom is 0.351 e. The van der Waals surface area contributed by atoms with E-state index in [0.29, 0.717) is 0 Å². The lowest BCUT2D eigenvalue weighted by Gasteiger charge is -2.25. The highest BCUT2D eigenvalue weighted by molar-refractivity contribution is 6.32. The molecule has 0 aromatic carbocycles. The number of alkyl halides is 1. The van der Waals surface area contributed by atoms with Crippen molar-refractivity contribution in [1.29, 1.82) is 0 Å². The predicted octanol–water partition coefficient (Wildman–Crippen LogP) is -0.747.